The van der Waals surface area contributed by atoms with E-state index >= 15 is 0 Å². The molecule has 1 saturated heterocycles. The number of carbonyl (C=O) groups is 2. The first-order chi connectivity index (χ1) is 14.6. The number of carbonyl (C=O) groups excluding carboxylic acids is 2. The van der Waals surface area contributed by atoms with Gasteiger partial charge in [-0.2, -0.15) is 0 Å². The zero-order valence-corrected chi connectivity index (χ0v) is 17.4. The highest BCUT2D eigenvalue weighted by atomic mass is 16.2. The van der Waals surface area contributed by atoms with Crippen molar-refractivity contribution in [2.45, 2.75) is 64.0 Å². The largest absolute Gasteiger partial charge is 0.353 e. The van der Waals surface area contributed by atoms with Gasteiger partial charge in [-0.05, 0) is 37.8 Å². The van der Waals surface area contributed by atoms with Gasteiger partial charge in [-0.1, -0.05) is 31.4 Å². The van der Waals surface area contributed by atoms with E-state index in [0.717, 1.165) is 25.7 Å². The molecule has 160 valence electrons. The monoisotopic (exact) mass is 410 g/mol. The average Bonchev–Trinajstić information content (AvgIpc) is 2.79. The van der Waals surface area contributed by atoms with Gasteiger partial charge < -0.3 is 10.2 Å². The highest BCUT2D eigenvalue weighted by molar-refractivity contribution is 5.79. The lowest BCUT2D eigenvalue weighted by atomic mass is 9.87. The highest BCUT2D eigenvalue weighted by Gasteiger charge is 2.29. The average molecular weight is 411 g/mol. The molecule has 1 aliphatic heterocycles. The molecule has 1 saturated carbocycles. The number of fused-ring (bicyclic) bond motifs is 1. The Morgan fingerprint density at radius 1 is 1.03 bits per heavy atom. The van der Waals surface area contributed by atoms with Crippen molar-refractivity contribution < 1.29 is 9.59 Å². The van der Waals surface area contributed by atoms with Crippen molar-refractivity contribution in [2.75, 3.05) is 13.1 Å². The van der Waals surface area contributed by atoms with Crippen molar-refractivity contribution in [2.24, 2.45) is 5.92 Å². The van der Waals surface area contributed by atoms with Crippen LogP contribution in [0.1, 0.15) is 51.4 Å². The summed E-state index contributed by atoms with van der Waals surface area (Å²) in [6.45, 7) is 1.74. The summed E-state index contributed by atoms with van der Waals surface area (Å²) in [6.07, 6.45) is 8.96. The molecule has 1 N–H and O–H groups in total. The summed E-state index contributed by atoms with van der Waals surface area (Å²) in [5.74, 6) is 0.452. The second-order valence-electron chi connectivity index (χ2n) is 8.51. The Hall–Kier alpha value is -2.70. The van der Waals surface area contributed by atoms with E-state index in [1.54, 1.807) is 12.1 Å². The van der Waals surface area contributed by atoms with Crippen molar-refractivity contribution in [1.29, 1.82) is 0 Å². The lowest BCUT2D eigenvalue weighted by molar-refractivity contribution is -0.137. The number of hydrogen-bond acceptors (Lipinski definition) is 4. The van der Waals surface area contributed by atoms with E-state index in [4.69, 9.17) is 0 Å². The predicted octanol–water partition coefficient (Wildman–Crippen LogP) is 2.47. The number of aryl methyl sites for hydroxylation is 1. The van der Waals surface area contributed by atoms with E-state index in [1.807, 2.05) is 17.0 Å². The smallest absolute Gasteiger partial charge is 0.261 e. The van der Waals surface area contributed by atoms with E-state index in [2.05, 4.69) is 10.3 Å². The molecule has 0 atom stereocenters. The fourth-order valence-electron chi connectivity index (χ4n) is 4.64. The first-order valence-electron chi connectivity index (χ1n) is 11.1. The van der Waals surface area contributed by atoms with Gasteiger partial charge in [-0.3, -0.25) is 19.0 Å². The van der Waals surface area contributed by atoms with Crippen molar-refractivity contribution >= 4 is 22.7 Å². The molecule has 2 heterocycles. The number of rotatable bonds is 5. The van der Waals surface area contributed by atoms with Crippen LogP contribution in [0.3, 0.4) is 0 Å². The lowest BCUT2D eigenvalue weighted by Crippen LogP contribution is -2.48. The second-order valence-corrected chi connectivity index (χ2v) is 8.51. The molecule has 0 unspecified atom stereocenters. The minimum absolute atomic E-state index is 0.0629. The van der Waals surface area contributed by atoms with Crippen LogP contribution in [0.2, 0.25) is 0 Å². The van der Waals surface area contributed by atoms with Gasteiger partial charge in [-0.25, -0.2) is 4.98 Å². The number of para-hydroxylation sites is 1. The van der Waals surface area contributed by atoms with Crippen molar-refractivity contribution in [3.63, 3.8) is 0 Å². The summed E-state index contributed by atoms with van der Waals surface area (Å²) in [6, 6.07) is 7.32. The summed E-state index contributed by atoms with van der Waals surface area (Å²) in [5.41, 5.74) is 0.542. The molecule has 2 aromatic rings. The standard InChI is InChI=1S/C23H30N4O3/c28-21(12-15-27-16-24-20-9-5-4-8-19(20)23(27)30)25-18-10-13-26(14-11-18)22(29)17-6-2-1-3-7-17/h4-5,8-9,16-18H,1-3,6-7,10-15H2,(H,25,28). The third kappa shape index (κ3) is 4.71. The number of aromatic nitrogens is 2. The van der Waals surface area contributed by atoms with Crippen molar-refractivity contribution in [3.05, 3.63) is 40.9 Å². The van der Waals surface area contributed by atoms with Crippen LogP contribution in [-0.4, -0.2) is 45.4 Å². The quantitative estimate of drug-likeness (QED) is 0.821. The normalized spacial score (nSPS) is 18.5. The maximum Gasteiger partial charge on any atom is 0.261 e. The van der Waals surface area contributed by atoms with Crippen molar-refractivity contribution in [1.82, 2.24) is 19.8 Å². The van der Waals surface area contributed by atoms with Crippen LogP contribution in [0.5, 0.6) is 0 Å². The van der Waals surface area contributed by atoms with Crippen LogP contribution in [0, 0.1) is 5.92 Å². The Labute approximate surface area is 176 Å². The Kier molecular flexibility index (Phi) is 6.45. The fraction of sp³-hybridized carbons (Fsp3) is 0.565. The van der Waals surface area contributed by atoms with Crippen LogP contribution >= 0.6 is 0 Å². The molecule has 7 nitrogen and oxygen atoms in total. The first kappa shape index (κ1) is 20.6. The van der Waals surface area contributed by atoms with Crippen LogP contribution in [-0.2, 0) is 16.1 Å². The molecular weight excluding hydrogens is 380 g/mol. The predicted molar refractivity (Wildman–Crippen MR) is 115 cm³/mol. The molecule has 2 amide bonds. The Morgan fingerprint density at radius 3 is 2.53 bits per heavy atom. The van der Waals surface area contributed by atoms with Crippen LogP contribution in [0.4, 0.5) is 0 Å². The van der Waals surface area contributed by atoms with Crippen LogP contribution in [0.25, 0.3) is 10.9 Å². The summed E-state index contributed by atoms with van der Waals surface area (Å²) in [5, 5.41) is 3.64. The molecule has 30 heavy (non-hydrogen) atoms. The third-order valence-corrected chi connectivity index (χ3v) is 6.44. The summed E-state index contributed by atoms with van der Waals surface area (Å²) in [4.78, 5) is 43.9. The molecule has 0 spiro atoms. The molecule has 7 heteroatoms. The maximum atomic E-state index is 12.7. The Bertz CT molecular complexity index is 956. The number of hydrogen-bond donors (Lipinski definition) is 1. The molecule has 4 rings (SSSR count). The van der Waals surface area contributed by atoms with E-state index in [1.165, 1.54) is 30.2 Å². The summed E-state index contributed by atoms with van der Waals surface area (Å²) >= 11 is 0. The number of nitrogens with zero attached hydrogens (tertiary/aromatic N) is 3. The summed E-state index contributed by atoms with van der Waals surface area (Å²) in [7, 11) is 0. The van der Waals surface area contributed by atoms with E-state index < -0.39 is 0 Å². The SMILES string of the molecule is O=C(CCn1cnc2ccccc2c1=O)NC1CCN(C(=O)C2CCCCC2)CC1. The maximum absolute atomic E-state index is 12.7. The van der Waals surface area contributed by atoms with E-state index in [9.17, 15) is 14.4 Å². The number of likely N-dealkylation sites (tertiary alicyclic amines) is 1. The number of piperidine rings is 1. The summed E-state index contributed by atoms with van der Waals surface area (Å²) < 4.78 is 1.49. The molecule has 1 aliphatic carbocycles. The topological polar surface area (TPSA) is 84.3 Å². The molecule has 2 fully saturated rings. The van der Waals surface area contributed by atoms with Gasteiger partial charge in [0.25, 0.3) is 5.56 Å². The van der Waals surface area contributed by atoms with Gasteiger partial charge in [0.05, 0.1) is 17.2 Å². The van der Waals surface area contributed by atoms with Crippen LogP contribution < -0.4 is 10.9 Å². The highest BCUT2D eigenvalue weighted by Crippen LogP contribution is 2.26. The molecular formula is C23H30N4O3. The lowest BCUT2D eigenvalue weighted by Gasteiger charge is -2.35. The Balaban J connectivity index is 1.24. The third-order valence-electron chi connectivity index (χ3n) is 6.44. The minimum Gasteiger partial charge on any atom is -0.353 e. The van der Waals surface area contributed by atoms with Gasteiger partial charge in [0, 0.05) is 38.0 Å². The van der Waals surface area contributed by atoms with Crippen molar-refractivity contribution in [3.8, 4) is 0 Å². The first-order valence-corrected chi connectivity index (χ1v) is 11.1. The number of benzene rings is 1. The molecule has 1 aromatic heterocycles. The van der Waals surface area contributed by atoms with Gasteiger partial charge in [0.2, 0.25) is 11.8 Å². The molecule has 1 aromatic carbocycles. The molecule has 0 bridgehead atoms. The zero-order valence-electron chi connectivity index (χ0n) is 17.4. The van der Waals surface area contributed by atoms with Gasteiger partial charge in [0.1, 0.15) is 0 Å². The van der Waals surface area contributed by atoms with E-state index in [-0.39, 0.29) is 29.8 Å². The second kappa shape index (κ2) is 9.41. The number of nitrogens with one attached hydrogen (secondary N) is 1. The zero-order chi connectivity index (χ0) is 20.9. The fourth-order valence-corrected chi connectivity index (χ4v) is 4.64. The van der Waals surface area contributed by atoms with Gasteiger partial charge >= 0.3 is 0 Å². The Morgan fingerprint density at radius 2 is 1.77 bits per heavy atom. The van der Waals surface area contributed by atoms with E-state index in [0.29, 0.717) is 36.4 Å². The number of amides is 2. The molecule has 0 radical (unpaired) electrons. The van der Waals surface area contributed by atoms with Gasteiger partial charge in [-0.15, -0.1) is 0 Å². The molecule has 2 aliphatic rings. The minimum atomic E-state index is -0.122. The van der Waals surface area contributed by atoms with Gasteiger partial charge in [0.15, 0.2) is 0 Å². The van der Waals surface area contributed by atoms with Crippen LogP contribution in [0.15, 0.2) is 35.4 Å².